The first-order chi connectivity index (χ1) is 22.3. The summed E-state index contributed by atoms with van der Waals surface area (Å²) in [6.45, 7) is 2.32. The van der Waals surface area contributed by atoms with Crippen LogP contribution < -0.4 is 5.32 Å². The van der Waals surface area contributed by atoms with Crippen LogP contribution in [0.2, 0.25) is 10.0 Å². The average molecular weight is 681 g/mol. The number of alkyl halides is 1. The summed E-state index contributed by atoms with van der Waals surface area (Å²) in [5.41, 5.74) is 4.54. The van der Waals surface area contributed by atoms with E-state index in [4.69, 9.17) is 28.3 Å². The van der Waals surface area contributed by atoms with Crippen molar-refractivity contribution in [2.75, 3.05) is 18.4 Å². The zero-order valence-corrected chi connectivity index (χ0v) is 27.1. The number of carbonyl (C=O) groups excluding carboxylic acids is 1. The van der Waals surface area contributed by atoms with E-state index in [-0.39, 0.29) is 19.1 Å². The third kappa shape index (κ3) is 5.41. The average Bonchev–Trinajstić information content (AvgIpc) is 3.85. The number of imidazole rings is 1. The van der Waals surface area contributed by atoms with Crippen molar-refractivity contribution < 1.29 is 14.3 Å². The first kappa shape index (κ1) is 30.0. The summed E-state index contributed by atoms with van der Waals surface area (Å²) < 4.78 is 17.6. The summed E-state index contributed by atoms with van der Waals surface area (Å²) in [5, 5.41) is 21.0. The van der Waals surface area contributed by atoms with Gasteiger partial charge in [0.25, 0.3) is 5.91 Å². The molecule has 0 spiro atoms. The van der Waals surface area contributed by atoms with E-state index in [1.165, 1.54) is 21.6 Å². The van der Waals surface area contributed by atoms with Crippen molar-refractivity contribution in [2.24, 2.45) is 0 Å². The molecule has 3 aromatic heterocycles. The molecule has 2 atom stereocenters. The lowest BCUT2D eigenvalue weighted by atomic mass is 9.83. The van der Waals surface area contributed by atoms with E-state index in [9.17, 15) is 14.3 Å². The summed E-state index contributed by atoms with van der Waals surface area (Å²) >= 11 is 15.2. The van der Waals surface area contributed by atoms with E-state index in [0.717, 1.165) is 49.9 Å². The van der Waals surface area contributed by atoms with Gasteiger partial charge in [0.05, 0.1) is 34.7 Å². The molecule has 2 fully saturated rings. The molecule has 13 heteroatoms. The molecule has 1 saturated heterocycles. The number of hydrogen-bond acceptors (Lipinski definition) is 7. The highest BCUT2D eigenvalue weighted by Crippen LogP contribution is 2.41. The zero-order valence-electron chi connectivity index (χ0n) is 24.8. The zero-order chi connectivity index (χ0) is 31.5. The molecule has 1 amide bonds. The Morgan fingerprint density at radius 2 is 1.91 bits per heavy atom. The first-order valence-corrected chi connectivity index (χ1v) is 17.2. The van der Waals surface area contributed by atoms with Crippen molar-refractivity contribution in [3.05, 3.63) is 81.4 Å². The predicted octanol–water partition coefficient (Wildman–Crippen LogP) is 6.49. The van der Waals surface area contributed by atoms with Gasteiger partial charge >= 0.3 is 0 Å². The number of nitrogens with one attached hydrogen (secondary N) is 1. The van der Waals surface area contributed by atoms with Gasteiger partial charge in [-0.15, -0.1) is 11.3 Å². The molecule has 2 aromatic carbocycles. The van der Waals surface area contributed by atoms with Crippen molar-refractivity contribution in [1.82, 2.24) is 29.2 Å². The molecule has 46 heavy (non-hydrogen) atoms. The van der Waals surface area contributed by atoms with Gasteiger partial charge < -0.3 is 14.6 Å². The number of anilines is 1. The van der Waals surface area contributed by atoms with Crippen molar-refractivity contribution >= 4 is 56.5 Å². The van der Waals surface area contributed by atoms with E-state index in [1.807, 2.05) is 6.07 Å². The van der Waals surface area contributed by atoms with Crippen molar-refractivity contribution in [2.45, 2.75) is 68.9 Å². The van der Waals surface area contributed by atoms with Crippen LogP contribution in [-0.2, 0) is 17.8 Å². The molecule has 2 aliphatic heterocycles. The van der Waals surface area contributed by atoms with Gasteiger partial charge in [0.2, 0.25) is 0 Å². The van der Waals surface area contributed by atoms with Crippen LogP contribution in [0, 0.1) is 0 Å². The summed E-state index contributed by atoms with van der Waals surface area (Å²) in [7, 11) is 0. The monoisotopic (exact) mass is 679 g/mol. The first-order valence-electron chi connectivity index (χ1n) is 15.6. The van der Waals surface area contributed by atoms with Crippen LogP contribution in [0.3, 0.4) is 0 Å². The number of likely N-dealkylation sites (tertiary alicyclic amines) is 1. The number of aromatic nitrogens is 5. The minimum Gasteiger partial charge on any atom is -0.393 e. The maximum absolute atomic E-state index is 14.4. The second kappa shape index (κ2) is 12.0. The number of hydrogen-bond donors (Lipinski definition) is 2. The number of amides is 1. The number of aliphatic hydroxyl groups is 1. The van der Waals surface area contributed by atoms with Crippen LogP contribution in [0.5, 0.6) is 0 Å². The Labute approximate surface area is 279 Å². The van der Waals surface area contributed by atoms with Crippen LogP contribution >= 0.6 is 34.5 Å². The molecule has 1 saturated carbocycles. The molecule has 238 valence electrons. The van der Waals surface area contributed by atoms with Crippen LogP contribution in [0.15, 0.2) is 54.4 Å². The second-order valence-electron chi connectivity index (χ2n) is 12.6. The number of carbonyl (C=O) groups is 1. The third-order valence-corrected chi connectivity index (χ3v) is 11.1. The highest BCUT2D eigenvalue weighted by Gasteiger charge is 2.36. The molecule has 5 heterocycles. The van der Waals surface area contributed by atoms with Crippen LogP contribution in [0.25, 0.3) is 22.0 Å². The molecular formula is C33H32Cl2FN7O2S. The van der Waals surface area contributed by atoms with Crippen LogP contribution in [0.4, 0.5) is 9.52 Å². The number of thiazole rings is 1. The number of nitrogens with zero attached hydrogens (tertiary/aromatic N) is 6. The minimum absolute atomic E-state index is 0.124. The predicted molar refractivity (Wildman–Crippen MR) is 177 cm³/mol. The Balaban J connectivity index is 1.09. The van der Waals surface area contributed by atoms with Gasteiger partial charge in [-0.3, -0.25) is 14.8 Å². The lowest BCUT2D eigenvalue weighted by molar-refractivity contribution is -0.118. The van der Waals surface area contributed by atoms with Gasteiger partial charge in [-0.25, -0.2) is 14.4 Å². The Hall–Kier alpha value is -3.35. The lowest BCUT2D eigenvalue weighted by Gasteiger charge is -2.44. The minimum atomic E-state index is -1.04. The Bertz CT molecular complexity index is 1900. The fourth-order valence-corrected chi connectivity index (χ4v) is 8.29. The lowest BCUT2D eigenvalue weighted by Crippen LogP contribution is -2.49. The summed E-state index contributed by atoms with van der Waals surface area (Å²) in [4.78, 5) is 25.0. The van der Waals surface area contributed by atoms with Crippen molar-refractivity contribution in [1.29, 1.82) is 0 Å². The fourth-order valence-electron chi connectivity index (χ4n) is 7.20. The quantitative estimate of drug-likeness (QED) is 0.204. The molecule has 9 nitrogen and oxygen atoms in total. The fraction of sp³-hybridized carbons (Fsp3) is 0.394. The van der Waals surface area contributed by atoms with Crippen molar-refractivity contribution in [3.63, 3.8) is 0 Å². The highest BCUT2D eigenvalue weighted by atomic mass is 35.5. The topological polar surface area (TPSA) is 101 Å². The maximum Gasteiger partial charge on any atom is 0.257 e. The number of fused-ring (bicyclic) bond motifs is 2. The summed E-state index contributed by atoms with van der Waals surface area (Å²) in [5.74, 6) is 0.0998. The Morgan fingerprint density at radius 1 is 1.13 bits per heavy atom. The van der Waals surface area contributed by atoms with Crippen LogP contribution in [0.1, 0.15) is 54.6 Å². The van der Waals surface area contributed by atoms with Gasteiger partial charge in [-0.2, -0.15) is 5.10 Å². The summed E-state index contributed by atoms with van der Waals surface area (Å²) in [6, 6.07) is 9.89. The molecule has 0 radical (unpaired) electrons. The normalized spacial score (nSPS) is 22.6. The van der Waals surface area contributed by atoms with Crippen LogP contribution in [-0.4, -0.2) is 71.6 Å². The highest BCUT2D eigenvalue weighted by molar-refractivity contribution is 7.13. The smallest absolute Gasteiger partial charge is 0.257 e. The van der Waals surface area contributed by atoms with E-state index < -0.39 is 18.1 Å². The van der Waals surface area contributed by atoms with Gasteiger partial charge in [0.15, 0.2) is 11.2 Å². The number of aliphatic hydroxyl groups excluding tert-OH is 1. The molecule has 1 aliphatic carbocycles. The number of piperidine rings is 1. The SMILES string of the molecule is O=C(Nc1nccs1)C(c1ncn2c1C[C@@H](F)C2)n1cc2c(Cl)cc(-c3ccc(C4CCN(C5CC(O)C5)CC4)cc3)c(Cl)c2n1. The number of benzene rings is 2. The second-order valence-corrected chi connectivity index (χ2v) is 14.2. The van der Waals surface area contributed by atoms with E-state index in [0.29, 0.717) is 49.4 Å². The molecule has 1 unspecified atom stereocenters. The van der Waals surface area contributed by atoms with E-state index in [1.54, 1.807) is 28.7 Å². The van der Waals surface area contributed by atoms with Gasteiger partial charge in [-0.05, 0) is 61.9 Å². The summed E-state index contributed by atoms with van der Waals surface area (Å²) in [6.07, 6.45) is 7.89. The third-order valence-electron chi connectivity index (χ3n) is 9.75. The van der Waals surface area contributed by atoms with E-state index in [2.05, 4.69) is 44.5 Å². The Morgan fingerprint density at radius 3 is 2.63 bits per heavy atom. The van der Waals surface area contributed by atoms with Gasteiger partial charge in [0, 0.05) is 46.9 Å². The molecule has 5 aromatic rings. The molecule has 3 aliphatic rings. The molecular weight excluding hydrogens is 648 g/mol. The van der Waals surface area contributed by atoms with Crippen molar-refractivity contribution in [3.8, 4) is 11.1 Å². The number of halogens is 3. The van der Waals surface area contributed by atoms with Gasteiger partial charge in [-0.1, -0.05) is 47.5 Å². The standard InChI is InChI=1S/C33H32Cl2FN7O2S/c34-26-14-24(20-3-1-18(2-4-20)19-5-8-41(9-6-19)22-12-23(44)13-22)28(35)29-25(26)16-43(40-29)31(32(45)39-33-37-7-10-46-33)30-27-11-21(36)15-42(27)17-38-30/h1-4,7,10,14,16-17,19,21-23,31,44H,5-6,8-9,11-13,15H2,(H,37,39,45)/t21-,22?,23?,31?/m1/s1. The molecule has 2 N–H and O–H groups in total. The largest absolute Gasteiger partial charge is 0.393 e. The molecule has 0 bridgehead atoms. The van der Waals surface area contributed by atoms with Gasteiger partial charge in [0.1, 0.15) is 11.7 Å². The molecule has 8 rings (SSSR count). The van der Waals surface area contributed by atoms with E-state index >= 15 is 0 Å². The maximum atomic E-state index is 14.4. The number of rotatable bonds is 7. The Kier molecular flexibility index (Phi) is 7.85.